The lowest BCUT2D eigenvalue weighted by Gasteiger charge is -2.10. The van der Waals surface area contributed by atoms with Crippen LogP contribution in [0.15, 0.2) is 35.7 Å². The van der Waals surface area contributed by atoms with Gasteiger partial charge in [0.1, 0.15) is 0 Å². The standard InChI is InChI=1S/C14H13ClOS/c15-14(7-13-2-1-5-17-13)10-3-4-11-8-16-9-12(11)6-10/h1-6,14H,7-9H2. The summed E-state index contributed by atoms with van der Waals surface area (Å²) in [6, 6.07) is 10.7. The SMILES string of the molecule is ClC(Cc1cccs1)c1ccc2c(c1)COC2. The highest BCUT2D eigenvalue weighted by atomic mass is 35.5. The van der Waals surface area contributed by atoms with Crippen molar-refractivity contribution < 1.29 is 4.74 Å². The Morgan fingerprint density at radius 2 is 2.12 bits per heavy atom. The molecule has 88 valence electrons. The van der Waals surface area contributed by atoms with Crippen LogP contribution in [0.3, 0.4) is 0 Å². The smallest absolute Gasteiger partial charge is 0.0725 e. The second kappa shape index (κ2) is 4.81. The first-order chi connectivity index (χ1) is 8.33. The van der Waals surface area contributed by atoms with Crippen LogP contribution in [0.5, 0.6) is 0 Å². The number of rotatable bonds is 3. The molecule has 0 saturated heterocycles. The van der Waals surface area contributed by atoms with Crippen molar-refractivity contribution in [1.82, 2.24) is 0 Å². The van der Waals surface area contributed by atoms with Crippen LogP contribution < -0.4 is 0 Å². The molecule has 0 spiro atoms. The second-order valence-electron chi connectivity index (χ2n) is 4.27. The van der Waals surface area contributed by atoms with Gasteiger partial charge in [-0.3, -0.25) is 0 Å². The predicted molar refractivity (Wildman–Crippen MR) is 71.6 cm³/mol. The summed E-state index contributed by atoms with van der Waals surface area (Å²) in [5.74, 6) is 0. The third kappa shape index (κ3) is 2.39. The maximum atomic E-state index is 6.47. The van der Waals surface area contributed by atoms with Crippen LogP contribution >= 0.6 is 22.9 Å². The first-order valence-electron chi connectivity index (χ1n) is 5.69. The summed E-state index contributed by atoms with van der Waals surface area (Å²) in [4.78, 5) is 1.33. The highest BCUT2D eigenvalue weighted by molar-refractivity contribution is 7.09. The zero-order valence-electron chi connectivity index (χ0n) is 9.36. The Bertz CT molecular complexity index is 507. The number of thiophene rings is 1. The molecule has 3 heteroatoms. The fraction of sp³-hybridized carbons (Fsp3) is 0.286. The van der Waals surface area contributed by atoms with E-state index in [1.165, 1.54) is 21.6 Å². The van der Waals surface area contributed by atoms with E-state index in [1.807, 2.05) is 0 Å². The minimum Gasteiger partial charge on any atom is -0.372 e. The largest absolute Gasteiger partial charge is 0.372 e. The van der Waals surface area contributed by atoms with Gasteiger partial charge in [-0.2, -0.15) is 0 Å². The lowest BCUT2D eigenvalue weighted by Crippen LogP contribution is -1.96. The van der Waals surface area contributed by atoms with E-state index in [9.17, 15) is 0 Å². The normalized spacial score (nSPS) is 15.8. The van der Waals surface area contributed by atoms with Gasteiger partial charge in [-0.05, 0) is 28.1 Å². The van der Waals surface area contributed by atoms with Crippen molar-refractivity contribution in [2.24, 2.45) is 0 Å². The van der Waals surface area contributed by atoms with Gasteiger partial charge in [0, 0.05) is 11.3 Å². The predicted octanol–water partition coefficient (Wildman–Crippen LogP) is 4.30. The lowest BCUT2D eigenvalue weighted by molar-refractivity contribution is 0.134. The minimum absolute atomic E-state index is 0.0551. The van der Waals surface area contributed by atoms with Crippen molar-refractivity contribution in [1.29, 1.82) is 0 Å². The third-order valence-electron chi connectivity index (χ3n) is 3.07. The average Bonchev–Trinajstić information content (AvgIpc) is 2.97. The Morgan fingerprint density at radius 1 is 1.24 bits per heavy atom. The first-order valence-corrected chi connectivity index (χ1v) is 7.00. The number of alkyl halides is 1. The molecular formula is C14H13ClOS. The molecule has 1 nitrogen and oxygen atoms in total. The number of hydrogen-bond donors (Lipinski definition) is 0. The molecule has 1 aliphatic rings. The molecule has 3 rings (SSSR count). The molecule has 1 aromatic carbocycles. The molecule has 0 aliphatic carbocycles. The van der Waals surface area contributed by atoms with Gasteiger partial charge in [-0.25, -0.2) is 0 Å². The van der Waals surface area contributed by atoms with E-state index in [1.54, 1.807) is 11.3 Å². The van der Waals surface area contributed by atoms with Gasteiger partial charge in [-0.15, -0.1) is 22.9 Å². The Balaban J connectivity index is 1.79. The summed E-state index contributed by atoms with van der Waals surface area (Å²) in [7, 11) is 0. The monoisotopic (exact) mass is 264 g/mol. The van der Waals surface area contributed by atoms with Crippen molar-refractivity contribution in [3.63, 3.8) is 0 Å². The van der Waals surface area contributed by atoms with E-state index in [-0.39, 0.29) is 5.38 Å². The van der Waals surface area contributed by atoms with Crippen molar-refractivity contribution in [2.45, 2.75) is 25.0 Å². The van der Waals surface area contributed by atoms with Gasteiger partial charge in [0.25, 0.3) is 0 Å². The molecule has 2 aromatic rings. The van der Waals surface area contributed by atoms with E-state index >= 15 is 0 Å². The summed E-state index contributed by atoms with van der Waals surface area (Å²) in [6.45, 7) is 1.47. The van der Waals surface area contributed by atoms with Crippen LogP contribution in [-0.4, -0.2) is 0 Å². The van der Waals surface area contributed by atoms with E-state index in [0.717, 1.165) is 19.6 Å². The maximum Gasteiger partial charge on any atom is 0.0725 e. The van der Waals surface area contributed by atoms with Gasteiger partial charge in [0.05, 0.1) is 18.6 Å². The Hall–Kier alpha value is -0.830. The van der Waals surface area contributed by atoms with Crippen molar-refractivity contribution in [2.75, 3.05) is 0 Å². The van der Waals surface area contributed by atoms with Gasteiger partial charge in [0.2, 0.25) is 0 Å². The van der Waals surface area contributed by atoms with Crippen molar-refractivity contribution >= 4 is 22.9 Å². The molecule has 1 aromatic heterocycles. The third-order valence-corrected chi connectivity index (χ3v) is 4.37. The molecule has 0 amide bonds. The number of hydrogen-bond acceptors (Lipinski definition) is 2. The zero-order chi connectivity index (χ0) is 11.7. The topological polar surface area (TPSA) is 9.23 Å². The molecule has 0 radical (unpaired) electrons. The second-order valence-corrected chi connectivity index (χ2v) is 5.83. The van der Waals surface area contributed by atoms with Gasteiger partial charge >= 0.3 is 0 Å². The summed E-state index contributed by atoms with van der Waals surface area (Å²) < 4.78 is 5.41. The Kier molecular flexibility index (Phi) is 3.19. The number of fused-ring (bicyclic) bond motifs is 1. The van der Waals surface area contributed by atoms with Gasteiger partial charge < -0.3 is 4.74 Å². The van der Waals surface area contributed by atoms with Crippen LogP contribution in [-0.2, 0) is 24.4 Å². The van der Waals surface area contributed by atoms with Crippen molar-refractivity contribution in [3.8, 4) is 0 Å². The molecule has 0 bridgehead atoms. The van der Waals surface area contributed by atoms with Crippen LogP contribution in [0, 0.1) is 0 Å². The first kappa shape index (κ1) is 11.3. The van der Waals surface area contributed by atoms with Crippen molar-refractivity contribution in [3.05, 3.63) is 57.3 Å². The molecule has 2 heterocycles. The highest BCUT2D eigenvalue weighted by Gasteiger charge is 2.15. The summed E-state index contributed by atoms with van der Waals surface area (Å²) in [5, 5.41) is 2.15. The zero-order valence-corrected chi connectivity index (χ0v) is 10.9. The Labute approximate surface area is 110 Å². The summed E-state index contributed by atoms with van der Waals surface area (Å²) in [5.41, 5.74) is 3.79. The molecule has 0 saturated carbocycles. The number of benzene rings is 1. The lowest BCUT2D eigenvalue weighted by atomic mass is 10.0. The summed E-state index contributed by atoms with van der Waals surface area (Å²) >= 11 is 8.23. The summed E-state index contributed by atoms with van der Waals surface area (Å²) in [6.07, 6.45) is 0.902. The fourth-order valence-electron chi connectivity index (χ4n) is 2.11. The fourth-order valence-corrected chi connectivity index (χ4v) is 3.26. The van der Waals surface area contributed by atoms with Crippen LogP contribution in [0.2, 0.25) is 0 Å². The molecule has 0 N–H and O–H groups in total. The minimum atomic E-state index is 0.0551. The average molecular weight is 265 g/mol. The number of ether oxygens (including phenoxy) is 1. The molecule has 1 unspecified atom stereocenters. The van der Waals surface area contributed by atoms with E-state index in [2.05, 4.69) is 35.7 Å². The molecular weight excluding hydrogens is 252 g/mol. The van der Waals surface area contributed by atoms with Gasteiger partial charge in [-0.1, -0.05) is 24.3 Å². The molecule has 1 aliphatic heterocycles. The van der Waals surface area contributed by atoms with Crippen LogP contribution in [0.25, 0.3) is 0 Å². The molecule has 0 fully saturated rings. The van der Waals surface area contributed by atoms with Gasteiger partial charge in [0.15, 0.2) is 0 Å². The van der Waals surface area contributed by atoms with E-state index < -0.39 is 0 Å². The van der Waals surface area contributed by atoms with E-state index in [0.29, 0.717) is 0 Å². The quantitative estimate of drug-likeness (QED) is 0.751. The molecule has 17 heavy (non-hydrogen) atoms. The highest BCUT2D eigenvalue weighted by Crippen LogP contribution is 2.30. The maximum absolute atomic E-state index is 6.47. The van der Waals surface area contributed by atoms with Crippen LogP contribution in [0.1, 0.15) is 26.9 Å². The van der Waals surface area contributed by atoms with E-state index in [4.69, 9.17) is 16.3 Å². The van der Waals surface area contributed by atoms with Crippen LogP contribution in [0.4, 0.5) is 0 Å². The molecule has 1 atom stereocenters. The Morgan fingerprint density at radius 3 is 2.94 bits per heavy atom. The number of halogens is 1.